The van der Waals surface area contributed by atoms with E-state index in [1.165, 1.54) is 0 Å². The van der Waals surface area contributed by atoms with Crippen LogP contribution in [0.4, 0.5) is 0 Å². The largest absolute Gasteiger partial charge is 1.00 e. The van der Waals surface area contributed by atoms with Crippen molar-refractivity contribution in [1.82, 2.24) is 0 Å². The molecule has 0 saturated carbocycles. The van der Waals surface area contributed by atoms with E-state index in [0.717, 1.165) is 11.1 Å². The molecule has 1 aromatic rings. The summed E-state index contributed by atoms with van der Waals surface area (Å²) in [5.41, 5.74) is 1.93. The zero-order valence-corrected chi connectivity index (χ0v) is 9.37. The second-order valence-electron chi connectivity index (χ2n) is 2.50. The van der Waals surface area contributed by atoms with Gasteiger partial charge in [-0.25, -0.2) is 0 Å². The van der Waals surface area contributed by atoms with Crippen molar-refractivity contribution in [3.8, 4) is 0 Å². The fourth-order valence-electron chi connectivity index (χ4n) is 0.971. The standard InChI is InChI=1S/C9H10O2.Na.H/c1-7-4-2-3-5-8(7)6-9(10)11;;/h2-5H,6H2,1H3,(H,10,11);;/q;+1;-1. The molecule has 0 spiro atoms. The van der Waals surface area contributed by atoms with Crippen LogP contribution in [0, 0.1) is 6.92 Å². The van der Waals surface area contributed by atoms with Gasteiger partial charge in [-0.3, -0.25) is 4.79 Å². The number of aliphatic carboxylic acids is 1. The van der Waals surface area contributed by atoms with E-state index in [1.807, 2.05) is 31.2 Å². The molecule has 2 nitrogen and oxygen atoms in total. The van der Waals surface area contributed by atoms with E-state index < -0.39 is 5.97 Å². The third-order valence-electron chi connectivity index (χ3n) is 1.60. The molecule has 0 aliphatic carbocycles. The number of carboxylic acids is 1. The quantitative estimate of drug-likeness (QED) is 0.568. The van der Waals surface area contributed by atoms with Gasteiger partial charge in [0.25, 0.3) is 0 Å². The van der Waals surface area contributed by atoms with Gasteiger partial charge in [0.2, 0.25) is 0 Å². The Bertz CT molecular complexity index is 276. The second kappa shape index (κ2) is 5.36. The number of hydrogen-bond donors (Lipinski definition) is 1. The van der Waals surface area contributed by atoms with E-state index in [2.05, 4.69) is 0 Å². The fraction of sp³-hybridized carbons (Fsp3) is 0.222. The third kappa shape index (κ3) is 3.39. The maximum atomic E-state index is 10.3. The van der Waals surface area contributed by atoms with Crippen LogP contribution in [0.15, 0.2) is 24.3 Å². The summed E-state index contributed by atoms with van der Waals surface area (Å²) in [5, 5.41) is 8.49. The van der Waals surface area contributed by atoms with Crippen LogP contribution in [0.5, 0.6) is 0 Å². The van der Waals surface area contributed by atoms with E-state index in [1.54, 1.807) is 0 Å². The van der Waals surface area contributed by atoms with Crippen LogP contribution in [0.1, 0.15) is 12.6 Å². The molecule has 0 radical (unpaired) electrons. The van der Waals surface area contributed by atoms with Crippen molar-refractivity contribution >= 4 is 5.97 Å². The summed E-state index contributed by atoms with van der Waals surface area (Å²) in [7, 11) is 0. The zero-order chi connectivity index (χ0) is 8.27. The molecule has 0 aliphatic rings. The van der Waals surface area contributed by atoms with Gasteiger partial charge in [0.1, 0.15) is 0 Å². The van der Waals surface area contributed by atoms with Crippen LogP contribution in [-0.4, -0.2) is 11.1 Å². The number of benzene rings is 1. The van der Waals surface area contributed by atoms with E-state index in [-0.39, 0.29) is 37.4 Å². The first-order valence-corrected chi connectivity index (χ1v) is 3.46. The SMILES string of the molecule is Cc1ccccc1CC(=O)O.[H-].[Na+]. The number of carboxylic acid groups (broad SMARTS) is 1. The molecule has 0 unspecified atom stereocenters. The summed E-state index contributed by atoms with van der Waals surface area (Å²) in [6, 6.07) is 7.51. The van der Waals surface area contributed by atoms with Gasteiger partial charge in [0.05, 0.1) is 6.42 Å². The first-order chi connectivity index (χ1) is 5.20. The monoisotopic (exact) mass is 174 g/mol. The summed E-state index contributed by atoms with van der Waals surface area (Å²) in [6.45, 7) is 1.91. The molecule has 1 rings (SSSR count). The summed E-state index contributed by atoms with van der Waals surface area (Å²) < 4.78 is 0. The Morgan fingerprint density at radius 1 is 1.50 bits per heavy atom. The molecule has 3 heteroatoms. The molecule has 0 aliphatic heterocycles. The number of rotatable bonds is 2. The van der Waals surface area contributed by atoms with E-state index in [0.29, 0.717) is 0 Å². The number of carbonyl (C=O) groups is 1. The molecule has 1 aromatic carbocycles. The van der Waals surface area contributed by atoms with E-state index >= 15 is 0 Å². The molecule has 0 saturated heterocycles. The molecule has 0 atom stereocenters. The average molecular weight is 174 g/mol. The molecule has 0 amide bonds. The Balaban J connectivity index is 0. The van der Waals surface area contributed by atoms with Gasteiger partial charge >= 0.3 is 35.5 Å². The van der Waals surface area contributed by atoms with Gasteiger partial charge in [-0.2, -0.15) is 0 Å². The van der Waals surface area contributed by atoms with Gasteiger partial charge in [0, 0.05) is 0 Å². The zero-order valence-electron chi connectivity index (χ0n) is 8.37. The molecule has 0 fully saturated rings. The molecule has 0 bridgehead atoms. The van der Waals surface area contributed by atoms with Crippen LogP contribution in [0.25, 0.3) is 0 Å². The summed E-state index contributed by atoms with van der Waals surface area (Å²) >= 11 is 0. The minimum atomic E-state index is -0.778. The summed E-state index contributed by atoms with van der Waals surface area (Å²) in [4.78, 5) is 10.3. The Kier molecular flexibility index (Phi) is 5.22. The van der Waals surface area contributed by atoms with Crippen molar-refractivity contribution in [3.63, 3.8) is 0 Å². The van der Waals surface area contributed by atoms with Crippen LogP contribution in [-0.2, 0) is 11.2 Å². The Labute approximate surface area is 95.4 Å². The molecular formula is C9H11NaO2. The smallest absolute Gasteiger partial charge is 1.00 e. The van der Waals surface area contributed by atoms with Gasteiger partial charge in [-0.1, -0.05) is 24.3 Å². The number of aryl methyl sites for hydroxylation is 1. The third-order valence-corrected chi connectivity index (χ3v) is 1.60. The minimum Gasteiger partial charge on any atom is -1.00 e. The maximum absolute atomic E-state index is 10.3. The Hall–Kier alpha value is -0.310. The molecule has 1 N–H and O–H groups in total. The predicted octanol–water partition coefficient (Wildman–Crippen LogP) is -1.26. The van der Waals surface area contributed by atoms with Gasteiger partial charge < -0.3 is 6.53 Å². The van der Waals surface area contributed by atoms with Gasteiger partial charge in [-0.15, -0.1) is 0 Å². The van der Waals surface area contributed by atoms with Crippen LogP contribution in [0.2, 0.25) is 0 Å². The number of hydrogen-bond acceptors (Lipinski definition) is 1. The molecular weight excluding hydrogens is 163 g/mol. The van der Waals surface area contributed by atoms with Gasteiger partial charge in [0.15, 0.2) is 0 Å². The predicted molar refractivity (Wildman–Crippen MR) is 43.6 cm³/mol. The van der Waals surface area contributed by atoms with Crippen molar-refractivity contribution in [2.24, 2.45) is 0 Å². The van der Waals surface area contributed by atoms with E-state index in [4.69, 9.17) is 5.11 Å². The second-order valence-corrected chi connectivity index (χ2v) is 2.50. The Morgan fingerprint density at radius 3 is 2.58 bits per heavy atom. The van der Waals surface area contributed by atoms with Crippen LogP contribution in [0.3, 0.4) is 0 Å². The summed E-state index contributed by atoms with van der Waals surface area (Å²) in [6.07, 6.45) is 0.118. The van der Waals surface area contributed by atoms with Crippen molar-refractivity contribution in [2.45, 2.75) is 13.3 Å². The van der Waals surface area contributed by atoms with Crippen molar-refractivity contribution in [2.75, 3.05) is 0 Å². The topological polar surface area (TPSA) is 37.3 Å². The Morgan fingerprint density at radius 2 is 2.08 bits per heavy atom. The molecule has 12 heavy (non-hydrogen) atoms. The van der Waals surface area contributed by atoms with Crippen LogP contribution < -0.4 is 29.6 Å². The maximum Gasteiger partial charge on any atom is 1.00 e. The fourth-order valence-corrected chi connectivity index (χ4v) is 0.971. The van der Waals surface area contributed by atoms with Crippen molar-refractivity contribution in [3.05, 3.63) is 35.4 Å². The normalized spacial score (nSPS) is 8.75. The van der Waals surface area contributed by atoms with E-state index in [9.17, 15) is 4.79 Å². The van der Waals surface area contributed by atoms with Crippen LogP contribution >= 0.6 is 0 Å². The molecule has 0 aromatic heterocycles. The van der Waals surface area contributed by atoms with Gasteiger partial charge in [-0.05, 0) is 18.1 Å². The minimum absolute atomic E-state index is 0. The first-order valence-electron chi connectivity index (χ1n) is 3.46. The average Bonchev–Trinajstić information content (AvgIpc) is 1.93. The molecule has 0 heterocycles. The van der Waals surface area contributed by atoms with Crippen molar-refractivity contribution in [1.29, 1.82) is 0 Å². The molecule has 60 valence electrons. The summed E-state index contributed by atoms with van der Waals surface area (Å²) in [5.74, 6) is -0.778. The first kappa shape index (κ1) is 11.7. The van der Waals surface area contributed by atoms with Crippen molar-refractivity contribution < 1.29 is 40.9 Å².